The smallest absolute Gasteiger partial charge is 0.137 e. The van der Waals surface area contributed by atoms with Crippen molar-refractivity contribution in [1.29, 1.82) is 0 Å². The molecule has 0 unspecified atom stereocenters. The van der Waals surface area contributed by atoms with Gasteiger partial charge in [0.25, 0.3) is 0 Å². The molecule has 4 nitrogen and oxygen atoms in total. The third kappa shape index (κ3) is 2.70. The van der Waals surface area contributed by atoms with E-state index in [4.69, 9.17) is 10.8 Å². The Bertz CT molecular complexity index is 545. The van der Waals surface area contributed by atoms with E-state index < -0.39 is 0 Å². The number of rotatable bonds is 6. The van der Waals surface area contributed by atoms with E-state index in [0.29, 0.717) is 6.54 Å². The summed E-state index contributed by atoms with van der Waals surface area (Å²) in [6, 6.07) is 10.3. The SMILES string of the molecule is CCCN(CC)c1c(CN)c(C)nn1-c1ccccc1. The number of anilines is 1. The van der Waals surface area contributed by atoms with Gasteiger partial charge in [0, 0.05) is 25.2 Å². The molecule has 0 atom stereocenters. The summed E-state index contributed by atoms with van der Waals surface area (Å²) in [5, 5.41) is 4.70. The zero-order chi connectivity index (χ0) is 14.5. The Hall–Kier alpha value is -1.81. The maximum absolute atomic E-state index is 5.95. The lowest BCUT2D eigenvalue weighted by molar-refractivity contribution is 0.739. The summed E-state index contributed by atoms with van der Waals surface area (Å²) in [7, 11) is 0. The summed E-state index contributed by atoms with van der Waals surface area (Å²) in [5.74, 6) is 1.14. The third-order valence-corrected chi connectivity index (χ3v) is 3.54. The first-order valence-electron chi connectivity index (χ1n) is 7.31. The topological polar surface area (TPSA) is 47.1 Å². The quantitative estimate of drug-likeness (QED) is 0.879. The fourth-order valence-electron chi connectivity index (χ4n) is 2.54. The third-order valence-electron chi connectivity index (χ3n) is 3.54. The molecule has 0 amide bonds. The molecule has 0 aliphatic carbocycles. The van der Waals surface area contributed by atoms with Crippen LogP contribution in [0, 0.1) is 6.92 Å². The van der Waals surface area contributed by atoms with Crippen LogP contribution in [0.5, 0.6) is 0 Å². The van der Waals surface area contributed by atoms with E-state index in [1.165, 1.54) is 0 Å². The van der Waals surface area contributed by atoms with Crippen molar-refractivity contribution in [2.24, 2.45) is 5.73 Å². The molecule has 0 saturated heterocycles. The summed E-state index contributed by atoms with van der Waals surface area (Å²) in [6.07, 6.45) is 1.11. The molecule has 0 spiro atoms. The molecule has 2 rings (SSSR count). The second-order valence-corrected chi connectivity index (χ2v) is 4.92. The van der Waals surface area contributed by atoms with Crippen LogP contribution in [0.15, 0.2) is 30.3 Å². The van der Waals surface area contributed by atoms with Crippen molar-refractivity contribution < 1.29 is 0 Å². The second kappa shape index (κ2) is 6.57. The molecule has 0 bridgehead atoms. The number of nitrogens with zero attached hydrogens (tertiary/aromatic N) is 3. The first-order chi connectivity index (χ1) is 9.72. The van der Waals surface area contributed by atoms with Crippen molar-refractivity contribution in [3.63, 3.8) is 0 Å². The number of aryl methyl sites for hydroxylation is 1. The molecule has 1 heterocycles. The highest BCUT2D eigenvalue weighted by Gasteiger charge is 2.19. The van der Waals surface area contributed by atoms with Crippen LogP contribution < -0.4 is 10.6 Å². The van der Waals surface area contributed by atoms with E-state index >= 15 is 0 Å². The maximum atomic E-state index is 5.95. The highest BCUT2D eigenvalue weighted by molar-refractivity contribution is 5.55. The summed E-state index contributed by atoms with van der Waals surface area (Å²) in [6.45, 7) is 8.90. The molecule has 0 radical (unpaired) electrons. The Kier molecular flexibility index (Phi) is 4.79. The minimum absolute atomic E-state index is 0.522. The van der Waals surface area contributed by atoms with Crippen molar-refractivity contribution in [3.05, 3.63) is 41.6 Å². The molecule has 0 aliphatic rings. The number of nitrogens with two attached hydrogens (primary N) is 1. The normalized spacial score (nSPS) is 10.8. The fraction of sp³-hybridized carbons (Fsp3) is 0.438. The summed E-state index contributed by atoms with van der Waals surface area (Å²) in [4.78, 5) is 2.36. The zero-order valence-electron chi connectivity index (χ0n) is 12.6. The van der Waals surface area contributed by atoms with Gasteiger partial charge in [-0.15, -0.1) is 0 Å². The molecule has 4 heteroatoms. The average molecular weight is 272 g/mol. The molecule has 0 fully saturated rings. The van der Waals surface area contributed by atoms with E-state index in [-0.39, 0.29) is 0 Å². The molecule has 108 valence electrons. The Morgan fingerprint density at radius 1 is 1.20 bits per heavy atom. The van der Waals surface area contributed by atoms with Gasteiger partial charge in [-0.1, -0.05) is 25.1 Å². The van der Waals surface area contributed by atoms with Crippen LogP contribution in [-0.2, 0) is 6.54 Å². The largest absolute Gasteiger partial charge is 0.357 e. The molecule has 1 aromatic heterocycles. The van der Waals surface area contributed by atoms with Crippen molar-refractivity contribution in [2.45, 2.75) is 33.7 Å². The number of benzene rings is 1. The van der Waals surface area contributed by atoms with Crippen LogP contribution in [0.2, 0.25) is 0 Å². The zero-order valence-corrected chi connectivity index (χ0v) is 12.6. The van der Waals surface area contributed by atoms with Gasteiger partial charge in [-0.05, 0) is 32.4 Å². The van der Waals surface area contributed by atoms with Gasteiger partial charge in [-0.25, -0.2) is 4.68 Å². The van der Waals surface area contributed by atoms with E-state index in [2.05, 4.69) is 30.9 Å². The first-order valence-corrected chi connectivity index (χ1v) is 7.31. The highest BCUT2D eigenvalue weighted by atomic mass is 15.4. The minimum atomic E-state index is 0.522. The Balaban J connectivity index is 2.57. The second-order valence-electron chi connectivity index (χ2n) is 4.92. The van der Waals surface area contributed by atoms with Gasteiger partial charge >= 0.3 is 0 Å². The number of hydrogen-bond acceptors (Lipinski definition) is 3. The lowest BCUT2D eigenvalue weighted by atomic mass is 10.2. The summed E-state index contributed by atoms with van der Waals surface area (Å²) in [5.41, 5.74) is 9.19. The molecular weight excluding hydrogens is 248 g/mol. The van der Waals surface area contributed by atoms with Gasteiger partial charge in [0.2, 0.25) is 0 Å². The van der Waals surface area contributed by atoms with Gasteiger partial charge in [-0.3, -0.25) is 0 Å². The van der Waals surface area contributed by atoms with Crippen LogP contribution >= 0.6 is 0 Å². The molecular formula is C16H24N4. The van der Waals surface area contributed by atoms with E-state index in [0.717, 1.165) is 42.3 Å². The van der Waals surface area contributed by atoms with Crippen molar-refractivity contribution in [3.8, 4) is 5.69 Å². The Morgan fingerprint density at radius 2 is 1.90 bits per heavy atom. The van der Waals surface area contributed by atoms with E-state index in [9.17, 15) is 0 Å². The molecule has 1 aromatic carbocycles. The van der Waals surface area contributed by atoms with Crippen LogP contribution in [0.3, 0.4) is 0 Å². The fourth-order valence-corrected chi connectivity index (χ4v) is 2.54. The monoisotopic (exact) mass is 272 g/mol. The van der Waals surface area contributed by atoms with Crippen molar-refractivity contribution in [2.75, 3.05) is 18.0 Å². The molecule has 0 aliphatic heterocycles. The number of aromatic nitrogens is 2. The number of hydrogen-bond donors (Lipinski definition) is 1. The van der Waals surface area contributed by atoms with E-state index in [1.807, 2.05) is 29.8 Å². The summed E-state index contributed by atoms with van der Waals surface area (Å²) >= 11 is 0. The first kappa shape index (κ1) is 14.6. The minimum Gasteiger partial charge on any atom is -0.357 e. The molecule has 20 heavy (non-hydrogen) atoms. The van der Waals surface area contributed by atoms with Crippen LogP contribution in [0.1, 0.15) is 31.5 Å². The Labute approximate surface area is 121 Å². The van der Waals surface area contributed by atoms with Gasteiger partial charge in [0.1, 0.15) is 5.82 Å². The highest BCUT2D eigenvalue weighted by Crippen LogP contribution is 2.27. The van der Waals surface area contributed by atoms with Crippen molar-refractivity contribution in [1.82, 2.24) is 9.78 Å². The molecule has 2 aromatic rings. The summed E-state index contributed by atoms with van der Waals surface area (Å²) < 4.78 is 2.02. The van der Waals surface area contributed by atoms with Gasteiger partial charge in [-0.2, -0.15) is 5.10 Å². The van der Waals surface area contributed by atoms with E-state index in [1.54, 1.807) is 0 Å². The molecule has 0 saturated carbocycles. The van der Waals surface area contributed by atoms with Crippen molar-refractivity contribution >= 4 is 5.82 Å². The predicted molar refractivity (Wildman–Crippen MR) is 84.4 cm³/mol. The Morgan fingerprint density at radius 3 is 2.45 bits per heavy atom. The average Bonchev–Trinajstić information content (AvgIpc) is 2.82. The lowest BCUT2D eigenvalue weighted by Crippen LogP contribution is -2.27. The van der Waals surface area contributed by atoms with Crippen LogP contribution in [0.25, 0.3) is 5.69 Å². The van der Waals surface area contributed by atoms with Gasteiger partial charge in [0.05, 0.1) is 11.4 Å². The standard InChI is InChI=1S/C16H24N4/c1-4-11-19(5-2)16-15(12-17)13(3)18-20(16)14-9-7-6-8-10-14/h6-10H,4-5,11-12,17H2,1-3H3. The van der Waals surface area contributed by atoms with Crippen LogP contribution in [-0.4, -0.2) is 22.9 Å². The lowest BCUT2D eigenvalue weighted by Gasteiger charge is -2.24. The van der Waals surface area contributed by atoms with Gasteiger partial charge in [0.15, 0.2) is 0 Å². The maximum Gasteiger partial charge on any atom is 0.137 e. The molecule has 2 N–H and O–H groups in total. The van der Waals surface area contributed by atoms with Gasteiger partial charge < -0.3 is 10.6 Å². The number of para-hydroxylation sites is 1. The van der Waals surface area contributed by atoms with Crippen LogP contribution in [0.4, 0.5) is 5.82 Å². The predicted octanol–water partition coefficient (Wildman–Crippen LogP) is 2.88.